The predicted molar refractivity (Wildman–Crippen MR) is 139 cm³/mol. The second-order valence-electron chi connectivity index (χ2n) is 7.55. The lowest BCUT2D eigenvalue weighted by atomic mass is 10.1. The molecule has 0 unspecified atom stereocenters. The van der Waals surface area contributed by atoms with Crippen molar-refractivity contribution in [3.63, 3.8) is 0 Å². The first-order valence-corrected chi connectivity index (χ1v) is 11.8. The van der Waals surface area contributed by atoms with E-state index in [1.807, 2.05) is 17.5 Å². The molecule has 1 saturated heterocycles. The van der Waals surface area contributed by atoms with Crippen molar-refractivity contribution in [1.82, 2.24) is 20.5 Å². The van der Waals surface area contributed by atoms with E-state index in [1.54, 1.807) is 0 Å². The molecule has 7 heteroatoms. The molecule has 1 fully saturated rings. The fourth-order valence-corrected chi connectivity index (χ4v) is 4.51. The van der Waals surface area contributed by atoms with Gasteiger partial charge in [0.15, 0.2) is 5.96 Å². The molecular formula is C23H36IN5S. The van der Waals surface area contributed by atoms with Gasteiger partial charge >= 0.3 is 0 Å². The van der Waals surface area contributed by atoms with Gasteiger partial charge in [0.25, 0.3) is 0 Å². The van der Waals surface area contributed by atoms with E-state index in [0.717, 1.165) is 38.4 Å². The van der Waals surface area contributed by atoms with Crippen molar-refractivity contribution < 1.29 is 0 Å². The first-order chi connectivity index (χ1) is 14.3. The highest BCUT2D eigenvalue weighted by atomic mass is 127. The summed E-state index contributed by atoms with van der Waals surface area (Å²) in [4.78, 5) is 13.3. The maximum absolute atomic E-state index is 4.85. The van der Waals surface area contributed by atoms with Crippen LogP contribution in [-0.2, 0) is 25.9 Å². The third-order valence-electron chi connectivity index (χ3n) is 5.29. The van der Waals surface area contributed by atoms with Crippen molar-refractivity contribution in [2.75, 3.05) is 26.2 Å². The highest BCUT2D eigenvalue weighted by Crippen LogP contribution is 2.17. The molecule has 2 heterocycles. The van der Waals surface area contributed by atoms with E-state index in [0.29, 0.717) is 6.54 Å². The highest BCUT2D eigenvalue weighted by Gasteiger charge is 2.12. The number of aliphatic imine (C=N–C) groups is 1. The SMILES string of the molecule is CCNC(=NCc1ccccc1CN1CCCCC1)NCCc1ncc(CC)s1.I. The van der Waals surface area contributed by atoms with Crippen LogP contribution in [-0.4, -0.2) is 42.0 Å². The molecule has 0 radical (unpaired) electrons. The Kier molecular flexibility index (Phi) is 11.7. The van der Waals surface area contributed by atoms with Crippen molar-refractivity contribution in [2.45, 2.75) is 59.0 Å². The van der Waals surface area contributed by atoms with Crippen molar-refractivity contribution in [3.05, 3.63) is 51.5 Å². The van der Waals surface area contributed by atoms with E-state index in [2.05, 4.69) is 58.6 Å². The van der Waals surface area contributed by atoms with Crippen LogP contribution < -0.4 is 10.6 Å². The molecule has 1 aromatic heterocycles. The topological polar surface area (TPSA) is 52.6 Å². The van der Waals surface area contributed by atoms with Gasteiger partial charge in [-0.3, -0.25) is 4.90 Å². The second kappa shape index (κ2) is 14.0. The first kappa shape index (κ1) is 25.1. The minimum absolute atomic E-state index is 0. The van der Waals surface area contributed by atoms with Gasteiger partial charge in [-0.15, -0.1) is 35.3 Å². The standard InChI is InChI=1S/C23H35N5S.HI/c1-3-21-17-26-22(29-21)12-13-25-23(24-4-2)27-16-19-10-6-7-11-20(19)18-28-14-8-5-9-15-28;/h6-7,10-11,17H,3-5,8-9,12-16,18H2,1-2H3,(H2,24,25,27);1H. The molecule has 0 amide bonds. The molecule has 3 rings (SSSR count). The largest absolute Gasteiger partial charge is 0.357 e. The Labute approximate surface area is 202 Å². The van der Waals surface area contributed by atoms with Crippen LogP contribution in [0.25, 0.3) is 0 Å². The van der Waals surface area contributed by atoms with Gasteiger partial charge in [-0.05, 0) is 50.4 Å². The van der Waals surface area contributed by atoms with Crippen LogP contribution in [0.2, 0.25) is 0 Å². The number of nitrogens with zero attached hydrogens (tertiary/aromatic N) is 3. The molecule has 0 aliphatic carbocycles. The van der Waals surface area contributed by atoms with Crippen molar-refractivity contribution in [3.8, 4) is 0 Å². The van der Waals surface area contributed by atoms with E-state index < -0.39 is 0 Å². The molecule has 2 aromatic rings. The number of piperidine rings is 1. The first-order valence-electron chi connectivity index (χ1n) is 11.0. The molecule has 0 saturated carbocycles. The Hall–Kier alpha value is -1.19. The molecule has 0 spiro atoms. The van der Waals surface area contributed by atoms with Crippen LogP contribution in [0.5, 0.6) is 0 Å². The van der Waals surface area contributed by atoms with E-state index in [1.165, 1.54) is 53.4 Å². The zero-order valence-electron chi connectivity index (χ0n) is 18.3. The quantitative estimate of drug-likeness (QED) is 0.277. The van der Waals surface area contributed by atoms with E-state index >= 15 is 0 Å². The number of aromatic nitrogens is 1. The maximum atomic E-state index is 4.85. The third kappa shape index (κ3) is 8.15. The summed E-state index contributed by atoms with van der Waals surface area (Å²) in [6.45, 7) is 10.2. The van der Waals surface area contributed by atoms with Crippen LogP contribution in [0.1, 0.15) is 54.1 Å². The summed E-state index contributed by atoms with van der Waals surface area (Å²) in [5, 5.41) is 8.02. The number of aryl methyl sites for hydroxylation is 1. The molecule has 1 aliphatic heterocycles. The average Bonchev–Trinajstić information content (AvgIpc) is 3.22. The van der Waals surface area contributed by atoms with Gasteiger partial charge in [0, 0.05) is 37.1 Å². The normalized spacial score (nSPS) is 14.9. The molecule has 166 valence electrons. The van der Waals surface area contributed by atoms with Crippen LogP contribution in [0.15, 0.2) is 35.5 Å². The van der Waals surface area contributed by atoms with Crippen LogP contribution in [0.3, 0.4) is 0 Å². The Morgan fingerprint density at radius 3 is 2.57 bits per heavy atom. The lowest BCUT2D eigenvalue weighted by Crippen LogP contribution is -2.38. The van der Waals surface area contributed by atoms with Gasteiger partial charge < -0.3 is 10.6 Å². The zero-order chi connectivity index (χ0) is 20.3. The van der Waals surface area contributed by atoms with Crippen molar-refractivity contribution >= 4 is 41.3 Å². The summed E-state index contributed by atoms with van der Waals surface area (Å²) in [7, 11) is 0. The molecule has 30 heavy (non-hydrogen) atoms. The van der Waals surface area contributed by atoms with Gasteiger partial charge in [-0.2, -0.15) is 0 Å². The molecule has 0 bridgehead atoms. The number of hydrogen-bond donors (Lipinski definition) is 2. The number of thiazole rings is 1. The Morgan fingerprint density at radius 1 is 1.10 bits per heavy atom. The van der Waals surface area contributed by atoms with Crippen molar-refractivity contribution in [1.29, 1.82) is 0 Å². The number of nitrogens with one attached hydrogen (secondary N) is 2. The Bertz CT molecular complexity index is 770. The highest BCUT2D eigenvalue weighted by molar-refractivity contribution is 14.0. The average molecular weight is 542 g/mol. The van der Waals surface area contributed by atoms with Gasteiger partial charge in [-0.25, -0.2) is 9.98 Å². The fourth-order valence-electron chi connectivity index (χ4n) is 3.65. The van der Waals surface area contributed by atoms with Gasteiger partial charge in [-0.1, -0.05) is 37.6 Å². The minimum atomic E-state index is 0. The smallest absolute Gasteiger partial charge is 0.191 e. The number of hydrogen-bond acceptors (Lipinski definition) is 4. The molecule has 5 nitrogen and oxygen atoms in total. The minimum Gasteiger partial charge on any atom is -0.357 e. The summed E-state index contributed by atoms with van der Waals surface area (Å²) in [5.41, 5.74) is 2.73. The molecule has 2 N–H and O–H groups in total. The summed E-state index contributed by atoms with van der Waals surface area (Å²) in [5.74, 6) is 0.882. The van der Waals surface area contributed by atoms with Crippen molar-refractivity contribution in [2.24, 2.45) is 4.99 Å². The number of benzene rings is 1. The number of guanidine groups is 1. The lowest BCUT2D eigenvalue weighted by Gasteiger charge is -2.27. The summed E-state index contributed by atoms with van der Waals surface area (Å²) in [6.07, 6.45) is 8.02. The molecular weight excluding hydrogens is 505 g/mol. The van der Waals surface area contributed by atoms with Gasteiger partial charge in [0.2, 0.25) is 0 Å². The van der Waals surface area contributed by atoms with Gasteiger partial charge in [0.05, 0.1) is 11.6 Å². The van der Waals surface area contributed by atoms with Crippen LogP contribution >= 0.6 is 35.3 Å². The zero-order valence-corrected chi connectivity index (χ0v) is 21.5. The van der Waals surface area contributed by atoms with Crippen LogP contribution in [0.4, 0.5) is 0 Å². The number of likely N-dealkylation sites (tertiary alicyclic amines) is 1. The lowest BCUT2D eigenvalue weighted by molar-refractivity contribution is 0.220. The predicted octanol–water partition coefficient (Wildman–Crippen LogP) is 4.61. The molecule has 1 aromatic carbocycles. The Balaban J connectivity index is 0.00000320. The summed E-state index contributed by atoms with van der Waals surface area (Å²) >= 11 is 1.81. The van der Waals surface area contributed by atoms with Crippen LogP contribution in [0, 0.1) is 0 Å². The Morgan fingerprint density at radius 2 is 1.87 bits per heavy atom. The van der Waals surface area contributed by atoms with E-state index in [4.69, 9.17) is 4.99 Å². The molecule has 0 atom stereocenters. The fraction of sp³-hybridized carbons (Fsp3) is 0.565. The monoisotopic (exact) mass is 541 g/mol. The third-order valence-corrected chi connectivity index (χ3v) is 6.50. The van der Waals surface area contributed by atoms with E-state index in [-0.39, 0.29) is 24.0 Å². The molecule has 1 aliphatic rings. The summed E-state index contributed by atoms with van der Waals surface area (Å²) in [6, 6.07) is 8.75. The second-order valence-corrected chi connectivity index (χ2v) is 8.75. The maximum Gasteiger partial charge on any atom is 0.191 e. The number of rotatable bonds is 9. The van der Waals surface area contributed by atoms with E-state index in [9.17, 15) is 0 Å². The van der Waals surface area contributed by atoms with Gasteiger partial charge in [0.1, 0.15) is 0 Å². The summed E-state index contributed by atoms with van der Waals surface area (Å²) < 4.78 is 0. The number of halogens is 1.